The van der Waals surface area contributed by atoms with Gasteiger partial charge in [0, 0.05) is 5.69 Å². The molecule has 1 N–H and O–H groups in total. The summed E-state index contributed by atoms with van der Waals surface area (Å²) in [5, 5.41) is 10.6. The Morgan fingerprint density at radius 1 is 1.06 bits per heavy atom. The number of aryl methyl sites for hydroxylation is 2. The molecule has 1 aromatic heterocycles. The summed E-state index contributed by atoms with van der Waals surface area (Å²) in [5.41, 5.74) is 4.12. The van der Waals surface area contributed by atoms with E-state index in [0.29, 0.717) is 5.69 Å². The zero-order valence-corrected chi connectivity index (χ0v) is 10.7. The lowest BCUT2D eigenvalue weighted by Crippen LogP contribution is -2.15. The van der Waals surface area contributed by atoms with Crippen LogP contribution in [0.4, 0.5) is 5.69 Å². The minimum absolute atomic E-state index is 0.240. The van der Waals surface area contributed by atoms with Crippen LogP contribution in [0.1, 0.15) is 27.3 Å². The summed E-state index contributed by atoms with van der Waals surface area (Å²) in [4.78, 5) is 12.0. The van der Waals surface area contributed by atoms with E-state index in [9.17, 15) is 4.79 Å². The van der Waals surface area contributed by atoms with Gasteiger partial charge in [0.05, 0.1) is 5.69 Å². The zero-order chi connectivity index (χ0) is 13.1. The third-order valence-electron chi connectivity index (χ3n) is 2.88. The monoisotopic (exact) mass is 241 g/mol. The Bertz CT molecular complexity index is 576. The zero-order valence-electron chi connectivity index (χ0n) is 10.7. The highest BCUT2D eigenvalue weighted by Crippen LogP contribution is 2.18. The minimum atomic E-state index is -0.240. The van der Waals surface area contributed by atoms with Crippen molar-refractivity contribution in [3.05, 3.63) is 52.8 Å². The smallest absolute Gasteiger partial charge is 0.276 e. The van der Waals surface area contributed by atoms with Crippen LogP contribution in [0.15, 0.2) is 30.3 Å². The quantitative estimate of drug-likeness (QED) is 0.879. The number of hydrogen-bond acceptors (Lipinski definition) is 3. The Hall–Kier alpha value is -2.23. The molecule has 2 rings (SSSR count). The molecule has 0 fully saturated rings. The van der Waals surface area contributed by atoms with E-state index in [4.69, 9.17) is 0 Å². The SMILES string of the molecule is Cc1ccc(C(=O)Nc2cccc(C)c2C)nn1. The Morgan fingerprint density at radius 2 is 1.83 bits per heavy atom. The van der Waals surface area contributed by atoms with Gasteiger partial charge in [-0.3, -0.25) is 4.79 Å². The van der Waals surface area contributed by atoms with E-state index in [1.165, 1.54) is 0 Å². The second-order valence-electron chi connectivity index (χ2n) is 4.26. The van der Waals surface area contributed by atoms with E-state index in [1.54, 1.807) is 12.1 Å². The molecular weight excluding hydrogens is 226 g/mol. The van der Waals surface area contributed by atoms with Gasteiger partial charge in [-0.05, 0) is 50.1 Å². The molecule has 0 atom stereocenters. The number of nitrogens with one attached hydrogen (secondary N) is 1. The Kier molecular flexibility index (Phi) is 3.37. The van der Waals surface area contributed by atoms with Crippen LogP contribution < -0.4 is 5.32 Å². The standard InChI is InChI=1S/C14H15N3O/c1-9-5-4-6-12(11(9)3)15-14(18)13-8-7-10(2)16-17-13/h4-8H,1-3H3,(H,15,18). The molecule has 0 aliphatic rings. The first kappa shape index (κ1) is 12.2. The molecule has 18 heavy (non-hydrogen) atoms. The Labute approximate surface area is 106 Å². The molecule has 2 aromatic rings. The predicted octanol–water partition coefficient (Wildman–Crippen LogP) is 2.65. The molecule has 0 bridgehead atoms. The largest absolute Gasteiger partial charge is 0.320 e. The Balaban J connectivity index is 2.21. The molecule has 0 aliphatic carbocycles. The summed E-state index contributed by atoms with van der Waals surface area (Å²) in [6, 6.07) is 9.24. The third-order valence-corrected chi connectivity index (χ3v) is 2.88. The fourth-order valence-electron chi connectivity index (χ4n) is 1.59. The maximum atomic E-state index is 12.0. The summed E-state index contributed by atoms with van der Waals surface area (Å²) >= 11 is 0. The van der Waals surface area contributed by atoms with Crippen LogP contribution in [0.25, 0.3) is 0 Å². The molecule has 0 unspecified atom stereocenters. The van der Waals surface area contributed by atoms with Crippen molar-refractivity contribution >= 4 is 11.6 Å². The van der Waals surface area contributed by atoms with Crippen molar-refractivity contribution in [1.82, 2.24) is 10.2 Å². The predicted molar refractivity (Wildman–Crippen MR) is 70.6 cm³/mol. The fourth-order valence-corrected chi connectivity index (χ4v) is 1.59. The van der Waals surface area contributed by atoms with Gasteiger partial charge in [0.25, 0.3) is 5.91 Å². The topological polar surface area (TPSA) is 54.9 Å². The van der Waals surface area contributed by atoms with Crippen LogP contribution in [0.3, 0.4) is 0 Å². The summed E-state index contributed by atoms with van der Waals surface area (Å²) in [5.74, 6) is -0.240. The van der Waals surface area contributed by atoms with Gasteiger partial charge in [0.15, 0.2) is 5.69 Å². The average molecular weight is 241 g/mol. The minimum Gasteiger partial charge on any atom is -0.320 e. The van der Waals surface area contributed by atoms with Crippen molar-refractivity contribution in [2.45, 2.75) is 20.8 Å². The van der Waals surface area contributed by atoms with Crippen molar-refractivity contribution in [2.75, 3.05) is 5.32 Å². The maximum Gasteiger partial charge on any atom is 0.276 e. The highest BCUT2D eigenvalue weighted by molar-refractivity contribution is 6.03. The first-order chi connectivity index (χ1) is 8.58. The highest BCUT2D eigenvalue weighted by atomic mass is 16.1. The van der Waals surface area contributed by atoms with Gasteiger partial charge in [0.1, 0.15) is 0 Å². The lowest BCUT2D eigenvalue weighted by Gasteiger charge is -2.09. The van der Waals surface area contributed by atoms with Crippen LogP contribution in [0, 0.1) is 20.8 Å². The van der Waals surface area contributed by atoms with E-state index in [2.05, 4.69) is 15.5 Å². The Morgan fingerprint density at radius 3 is 2.50 bits per heavy atom. The lowest BCUT2D eigenvalue weighted by molar-refractivity contribution is 0.102. The van der Waals surface area contributed by atoms with Crippen molar-refractivity contribution in [3.63, 3.8) is 0 Å². The lowest BCUT2D eigenvalue weighted by atomic mass is 10.1. The number of rotatable bonds is 2. The van der Waals surface area contributed by atoms with Gasteiger partial charge < -0.3 is 5.32 Å². The fraction of sp³-hybridized carbons (Fsp3) is 0.214. The molecule has 0 aliphatic heterocycles. The molecule has 92 valence electrons. The second-order valence-corrected chi connectivity index (χ2v) is 4.26. The second kappa shape index (κ2) is 4.96. The van der Waals surface area contributed by atoms with E-state index in [-0.39, 0.29) is 5.91 Å². The van der Waals surface area contributed by atoms with E-state index in [1.807, 2.05) is 39.0 Å². The summed E-state index contributed by atoms with van der Waals surface area (Å²) in [7, 11) is 0. The highest BCUT2D eigenvalue weighted by Gasteiger charge is 2.09. The van der Waals surface area contributed by atoms with Gasteiger partial charge in [-0.2, -0.15) is 5.10 Å². The number of carbonyl (C=O) groups excluding carboxylic acids is 1. The van der Waals surface area contributed by atoms with Crippen molar-refractivity contribution < 1.29 is 4.79 Å². The number of aromatic nitrogens is 2. The van der Waals surface area contributed by atoms with E-state index >= 15 is 0 Å². The molecule has 0 saturated heterocycles. The van der Waals surface area contributed by atoms with Crippen LogP contribution in [0.5, 0.6) is 0 Å². The third kappa shape index (κ3) is 2.53. The molecule has 0 spiro atoms. The molecule has 1 aromatic carbocycles. The van der Waals surface area contributed by atoms with Gasteiger partial charge >= 0.3 is 0 Å². The van der Waals surface area contributed by atoms with E-state index < -0.39 is 0 Å². The number of benzene rings is 1. The molecular formula is C14H15N3O. The van der Waals surface area contributed by atoms with E-state index in [0.717, 1.165) is 22.5 Å². The summed E-state index contributed by atoms with van der Waals surface area (Å²) in [6.45, 7) is 5.82. The van der Waals surface area contributed by atoms with Crippen LogP contribution in [-0.2, 0) is 0 Å². The molecule has 1 amide bonds. The number of nitrogens with zero attached hydrogens (tertiary/aromatic N) is 2. The van der Waals surface area contributed by atoms with Crippen LogP contribution in [-0.4, -0.2) is 16.1 Å². The summed E-state index contributed by atoms with van der Waals surface area (Å²) in [6.07, 6.45) is 0. The molecule has 1 heterocycles. The van der Waals surface area contributed by atoms with Crippen molar-refractivity contribution in [3.8, 4) is 0 Å². The van der Waals surface area contributed by atoms with Gasteiger partial charge in [-0.1, -0.05) is 12.1 Å². The average Bonchev–Trinajstić information content (AvgIpc) is 2.36. The maximum absolute atomic E-state index is 12.0. The molecule has 0 saturated carbocycles. The van der Waals surface area contributed by atoms with Crippen molar-refractivity contribution in [2.24, 2.45) is 0 Å². The number of hydrogen-bond donors (Lipinski definition) is 1. The van der Waals surface area contributed by atoms with Gasteiger partial charge in [-0.15, -0.1) is 5.10 Å². The van der Waals surface area contributed by atoms with Crippen LogP contribution in [0.2, 0.25) is 0 Å². The molecule has 4 nitrogen and oxygen atoms in total. The first-order valence-electron chi connectivity index (χ1n) is 5.76. The number of amides is 1. The molecule has 0 radical (unpaired) electrons. The number of anilines is 1. The van der Waals surface area contributed by atoms with Crippen molar-refractivity contribution in [1.29, 1.82) is 0 Å². The summed E-state index contributed by atoms with van der Waals surface area (Å²) < 4.78 is 0. The van der Waals surface area contributed by atoms with Gasteiger partial charge in [-0.25, -0.2) is 0 Å². The van der Waals surface area contributed by atoms with Gasteiger partial charge in [0.2, 0.25) is 0 Å². The number of carbonyl (C=O) groups is 1. The first-order valence-corrected chi connectivity index (χ1v) is 5.76. The van der Waals surface area contributed by atoms with Crippen LogP contribution >= 0.6 is 0 Å². The normalized spacial score (nSPS) is 10.2. The molecule has 4 heteroatoms.